The molecule has 1 aromatic rings. The zero-order chi connectivity index (χ0) is 16.7. The lowest BCUT2D eigenvalue weighted by Crippen LogP contribution is -2.45. The van der Waals surface area contributed by atoms with E-state index < -0.39 is 35.7 Å². The van der Waals surface area contributed by atoms with Crippen LogP contribution in [0.2, 0.25) is 0 Å². The van der Waals surface area contributed by atoms with Crippen LogP contribution in [0.1, 0.15) is 37.9 Å². The van der Waals surface area contributed by atoms with Gasteiger partial charge in [0.15, 0.2) is 0 Å². The second kappa shape index (κ2) is 5.70. The van der Waals surface area contributed by atoms with E-state index in [2.05, 4.69) is 0 Å². The molecular formula is C15H18F3NO3. The summed E-state index contributed by atoms with van der Waals surface area (Å²) < 4.78 is 45.9. The zero-order valence-electron chi connectivity index (χ0n) is 12.6. The van der Waals surface area contributed by atoms with Gasteiger partial charge in [-0.1, -0.05) is 0 Å². The van der Waals surface area contributed by atoms with Crippen LogP contribution >= 0.6 is 0 Å². The normalized spacial score (nSPS) is 18.3. The Hall–Kier alpha value is -1.92. The third-order valence-corrected chi connectivity index (χ3v) is 3.38. The van der Waals surface area contributed by atoms with E-state index in [0.29, 0.717) is 0 Å². The van der Waals surface area contributed by atoms with Gasteiger partial charge in [0, 0.05) is 12.1 Å². The molecule has 1 aliphatic rings. The van der Waals surface area contributed by atoms with Crippen LogP contribution in [-0.2, 0) is 11.2 Å². The van der Waals surface area contributed by atoms with Crippen molar-refractivity contribution in [2.45, 2.75) is 45.3 Å². The van der Waals surface area contributed by atoms with E-state index in [1.54, 1.807) is 20.8 Å². The Balaban J connectivity index is 2.43. The summed E-state index contributed by atoms with van der Waals surface area (Å²) in [5.41, 5.74) is -1.06. The third kappa shape index (κ3) is 3.13. The number of nitrogens with zero attached hydrogens (tertiary/aromatic N) is 1. The lowest BCUT2D eigenvalue weighted by molar-refractivity contribution is -0.0197. The fourth-order valence-electron chi connectivity index (χ4n) is 2.52. The molecule has 4 nitrogen and oxygen atoms in total. The first-order valence-corrected chi connectivity index (χ1v) is 6.90. The number of halogens is 3. The quantitative estimate of drug-likeness (QED) is 0.860. The van der Waals surface area contributed by atoms with E-state index in [9.17, 15) is 23.1 Å². The predicted octanol–water partition coefficient (Wildman–Crippen LogP) is 3.63. The van der Waals surface area contributed by atoms with E-state index in [4.69, 9.17) is 4.74 Å². The molecule has 0 fully saturated rings. The van der Waals surface area contributed by atoms with Gasteiger partial charge in [0.25, 0.3) is 6.43 Å². The van der Waals surface area contributed by atoms with Crippen LogP contribution in [0, 0.1) is 5.82 Å². The summed E-state index contributed by atoms with van der Waals surface area (Å²) in [6, 6.07) is 0.316. The van der Waals surface area contributed by atoms with Gasteiger partial charge in [-0.05, 0) is 44.9 Å². The molecule has 0 aliphatic carbocycles. The molecule has 0 bridgehead atoms. The highest BCUT2D eigenvalue weighted by Crippen LogP contribution is 2.41. The number of hydrogen-bond donors (Lipinski definition) is 1. The first-order chi connectivity index (χ1) is 10.1. The number of benzene rings is 1. The van der Waals surface area contributed by atoms with Crippen LogP contribution in [0.15, 0.2) is 12.1 Å². The summed E-state index contributed by atoms with van der Waals surface area (Å²) in [7, 11) is 0. The number of phenols is 1. The SMILES string of the molecule is CC(C)(C)OC(=O)N1CCc2c(F)ccc(O)c2C1C(F)F. The highest BCUT2D eigenvalue weighted by molar-refractivity contribution is 5.70. The van der Waals surface area contributed by atoms with Gasteiger partial charge in [-0.2, -0.15) is 0 Å². The average molecular weight is 317 g/mol. The molecule has 7 heteroatoms. The van der Waals surface area contributed by atoms with Gasteiger partial charge in [-0.25, -0.2) is 18.0 Å². The molecule has 1 unspecified atom stereocenters. The molecule has 2 rings (SSSR count). The summed E-state index contributed by atoms with van der Waals surface area (Å²) in [5.74, 6) is -1.11. The van der Waals surface area contributed by atoms with Gasteiger partial charge in [-0.15, -0.1) is 0 Å². The number of hydrogen-bond acceptors (Lipinski definition) is 3. The van der Waals surface area contributed by atoms with Crippen LogP contribution in [0.4, 0.5) is 18.0 Å². The van der Waals surface area contributed by atoms with Crippen molar-refractivity contribution in [3.05, 3.63) is 29.1 Å². The van der Waals surface area contributed by atoms with Gasteiger partial charge in [0.05, 0.1) is 0 Å². The first-order valence-electron chi connectivity index (χ1n) is 6.90. The molecule has 0 saturated carbocycles. The van der Waals surface area contributed by atoms with Crippen molar-refractivity contribution in [1.82, 2.24) is 4.90 Å². The molecule has 1 aliphatic heterocycles. The number of fused-ring (bicyclic) bond motifs is 1. The molecular weight excluding hydrogens is 299 g/mol. The number of carbonyl (C=O) groups excluding carboxylic acids is 1. The lowest BCUT2D eigenvalue weighted by Gasteiger charge is -2.37. The highest BCUT2D eigenvalue weighted by atomic mass is 19.3. The minimum atomic E-state index is -2.97. The summed E-state index contributed by atoms with van der Waals surface area (Å²) >= 11 is 0. The van der Waals surface area contributed by atoms with Crippen LogP contribution < -0.4 is 0 Å². The summed E-state index contributed by atoms with van der Waals surface area (Å²) in [5, 5.41) is 9.85. The second-order valence-corrected chi connectivity index (χ2v) is 6.16. The number of aromatic hydroxyl groups is 1. The molecule has 0 saturated heterocycles. The summed E-state index contributed by atoms with van der Waals surface area (Å²) in [6.07, 6.45) is -3.84. The smallest absolute Gasteiger partial charge is 0.411 e. The molecule has 0 radical (unpaired) electrons. The lowest BCUT2D eigenvalue weighted by atomic mass is 9.91. The molecule has 1 atom stereocenters. The van der Waals surface area contributed by atoms with Crippen molar-refractivity contribution in [2.75, 3.05) is 6.54 Å². The summed E-state index contributed by atoms with van der Waals surface area (Å²) in [6.45, 7) is 4.77. The van der Waals surface area contributed by atoms with Crippen molar-refractivity contribution in [3.63, 3.8) is 0 Å². The average Bonchev–Trinajstić information content (AvgIpc) is 2.39. The van der Waals surface area contributed by atoms with Gasteiger partial charge in [0.1, 0.15) is 23.2 Å². The molecule has 122 valence electrons. The molecule has 0 aromatic heterocycles. The molecule has 22 heavy (non-hydrogen) atoms. The predicted molar refractivity (Wildman–Crippen MR) is 73.5 cm³/mol. The van der Waals surface area contributed by atoms with Gasteiger partial charge >= 0.3 is 6.09 Å². The highest BCUT2D eigenvalue weighted by Gasteiger charge is 2.41. The van der Waals surface area contributed by atoms with E-state index in [-0.39, 0.29) is 24.1 Å². The van der Waals surface area contributed by atoms with Crippen molar-refractivity contribution < 1.29 is 27.8 Å². The topological polar surface area (TPSA) is 49.8 Å². The van der Waals surface area contributed by atoms with E-state index >= 15 is 0 Å². The fourth-order valence-corrected chi connectivity index (χ4v) is 2.52. The maximum atomic E-state index is 13.8. The monoisotopic (exact) mass is 317 g/mol. The Bertz CT molecular complexity index is 584. The Labute approximate surface area is 126 Å². The van der Waals surface area contributed by atoms with E-state index in [0.717, 1.165) is 17.0 Å². The van der Waals surface area contributed by atoms with Crippen LogP contribution in [0.5, 0.6) is 5.75 Å². The van der Waals surface area contributed by atoms with E-state index in [1.165, 1.54) is 0 Å². The van der Waals surface area contributed by atoms with Crippen LogP contribution in [-0.4, -0.2) is 34.7 Å². The van der Waals surface area contributed by atoms with Crippen LogP contribution in [0.25, 0.3) is 0 Å². The fraction of sp³-hybridized carbons (Fsp3) is 0.533. The van der Waals surface area contributed by atoms with Crippen molar-refractivity contribution >= 4 is 6.09 Å². The Morgan fingerprint density at radius 3 is 2.59 bits per heavy atom. The van der Waals surface area contributed by atoms with Crippen molar-refractivity contribution in [1.29, 1.82) is 0 Å². The molecule has 1 N–H and O–H groups in total. The molecule has 1 aromatic carbocycles. The summed E-state index contributed by atoms with van der Waals surface area (Å²) in [4.78, 5) is 13.0. The van der Waals surface area contributed by atoms with Gasteiger partial charge in [0.2, 0.25) is 0 Å². The third-order valence-electron chi connectivity index (χ3n) is 3.38. The van der Waals surface area contributed by atoms with E-state index in [1.807, 2.05) is 0 Å². The second-order valence-electron chi connectivity index (χ2n) is 6.16. The largest absolute Gasteiger partial charge is 0.508 e. The van der Waals surface area contributed by atoms with Crippen LogP contribution in [0.3, 0.4) is 0 Å². The molecule has 1 amide bonds. The number of ether oxygens (including phenoxy) is 1. The standard InChI is InChI=1S/C15H18F3NO3/c1-15(2,3)22-14(21)19-7-6-8-9(16)4-5-10(20)11(8)12(19)13(17)18/h4-5,12-13,20H,6-7H2,1-3H3. The number of carbonyl (C=O) groups is 1. The van der Waals surface area contributed by atoms with Gasteiger partial charge < -0.3 is 9.84 Å². The van der Waals surface area contributed by atoms with Crippen molar-refractivity contribution in [2.24, 2.45) is 0 Å². The number of alkyl halides is 2. The minimum absolute atomic E-state index is 0.0186. The first kappa shape index (κ1) is 16.5. The molecule has 1 heterocycles. The Kier molecular flexibility index (Phi) is 4.26. The zero-order valence-corrected chi connectivity index (χ0v) is 12.6. The minimum Gasteiger partial charge on any atom is -0.508 e. The Morgan fingerprint density at radius 2 is 2.05 bits per heavy atom. The maximum Gasteiger partial charge on any atom is 0.411 e. The van der Waals surface area contributed by atoms with Gasteiger partial charge in [-0.3, -0.25) is 4.90 Å². The Morgan fingerprint density at radius 1 is 1.41 bits per heavy atom. The molecule has 0 spiro atoms. The number of phenolic OH excluding ortho intramolecular Hbond substituents is 1. The number of rotatable bonds is 1. The maximum absolute atomic E-state index is 13.8. The van der Waals surface area contributed by atoms with Crippen molar-refractivity contribution in [3.8, 4) is 5.75 Å². The number of amides is 1.